The Morgan fingerprint density at radius 3 is 2.94 bits per heavy atom. The molecule has 0 saturated heterocycles. The molecule has 1 aliphatic rings. The average Bonchev–Trinajstić information content (AvgIpc) is 2.72. The smallest absolute Gasteiger partial charge is 0.134 e. The van der Waals surface area contributed by atoms with Crippen LogP contribution in [-0.4, -0.2) is 0 Å². The number of fused-ring (bicyclic) bond motifs is 1. The third-order valence-electron chi connectivity index (χ3n) is 3.63. The average molecular weight is 213 g/mol. The van der Waals surface area contributed by atoms with Gasteiger partial charge in [0.05, 0.1) is 0 Å². The second kappa shape index (κ2) is 4.32. The molecule has 16 heavy (non-hydrogen) atoms. The molecular weight excluding hydrogens is 196 g/mol. The molecule has 1 saturated carbocycles. The van der Waals surface area contributed by atoms with Crippen molar-refractivity contribution in [2.45, 2.75) is 38.5 Å². The first-order valence-corrected chi connectivity index (χ1v) is 6.30. The summed E-state index contributed by atoms with van der Waals surface area (Å²) in [5.74, 6) is 2.00. The minimum atomic E-state index is 0.846. The third kappa shape index (κ3) is 1.99. The van der Waals surface area contributed by atoms with Crippen LogP contribution in [-0.2, 0) is 6.42 Å². The highest BCUT2D eigenvalue weighted by Crippen LogP contribution is 2.28. The van der Waals surface area contributed by atoms with E-state index in [2.05, 4.69) is 12.1 Å². The van der Waals surface area contributed by atoms with Crippen molar-refractivity contribution in [2.24, 2.45) is 5.92 Å². The molecule has 1 aliphatic carbocycles. The lowest BCUT2D eigenvalue weighted by atomic mass is 9.86. The Labute approximate surface area is 96.5 Å². The highest BCUT2D eigenvalue weighted by molar-refractivity contribution is 5.77. The molecule has 1 aromatic heterocycles. The predicted molar refractivity (Wildman–Crippen MR) is 65.3 cm³/mol. The van der Waals surface area contributed by atoms with E-state index in [1.54, 1.807) is 0 Å². The summed E-state index contributed by atoms with van der Waals surface area (Å²) in [5.41, 5.74) is 1.00. The van der Waals surface area contributed by atoms with E-state index in [9.17, 15) is 0 Å². The normalized spacial score (nSPS) is 18.0. The van der Waals surface area contributed by atoms with Crippen molar-refractivity contribution < 1.29 is 4.42 Å². The van der Waals surface area contributed by atoms with E-state index < -0.39 is 0 Å². The van der Waals surface area contributed by atoms with E-state index in [1.807, 2.05) is 18.2 Å². The maximum absolute atomic E-state index is 5.85. The van der Waals surface area contributed by atoms with Crippen LogP contribution in [0.25, 0.3) is 11.0 Å². The maximum Gasteiger partial charge on any atom is 0.134 e. The van der Waals surface area contributed by atoms with Crippen molar-refractivity contribution in [2.75, 3.05) is 0 Å². The number of hydrogen-bond donors (Lipinski definition) is 0. The van der Waals surface area contributed by atoms with Gasteiger partial charge in [-0.2, -0.15) is 0 Å². The largest absolute Gasteiger partial charge is 0.461 e. The molecule has 1 radical (unpaired) electrons. The second-order valence-corrected chi connectivity index (χ2v) is 4.88. The number of furan rings is 1. The first-order valence-electron chi connectivity index (χ1n) is 6.30. The number of benzene rings is 1. The van der Waals surface area contributed by atoms with E-state index in [0.717, 1.165) is 23.7 Å². The van der Waals surface area contributed by atoms with Crippen LogP contribution in [0.15, 0.2) is 28.7 Å². The van der Waals surface area contributed by atoms with Gasteiger partial charge < -0.3 is 4.42 Å². The molecule has 2 aromatic rings. The topological polar surface area (TPSA) is 13.1 Å². The van der Waals surface area contributed by atoms with Crippen LogP contribution in [0.5, 0.6) is 0 Å². The summed E-state index contributed by atoms with van der Waals surface area (Å²) >= 11 is 0. The fraction of sp³-hybridized carbons (Fsp3) is 0.467. The van der Waals surface area contributed by atoms with Gasteiger partial charge in [0, 0.05) is 11.8 Å². The highest BCUT2D eigenvalue weighted by atomic mass is 16.3. The van der Waals surface area contributed by atoms with Crippen molar-refractivity contribution in [3.63, 3.8) is 0 Å². The van der Waals surface area contributed by atoms with Crippen molar-refractivity contribution in [1.29, 1.82) is 0 Å². The van der Waals surface area contributed by atoms with Crippen LogP contribution < -0.4 is 0 Å². The highest BCUT2D eigenvalue weighted by Gasteiger charge is 2.15. The van der Waals surface area contributed by atoms with Gasteiger partial charge in [0.15, 0.2) is 0 Å². The van der Waals surface area contributed by atoms with Gasteiger partial charge in [-0.25, -0.2) is 0 Å². The van der Waals surface area contributed by atoms with Crippen LogP contribution in [0, 0.1) is 12.0 Å². The first kappa shape index (κ1) is 9.95. The Bertz CT molecular complexity index is 430. The Morgan fingerprint density at radius 1 is 1.25 bits per heavy atom. The van der Waals surface area contributed by atoms with Crippen LogP contribution in [0.1, 0.15) is 37.9 Å². The molecule has 0 bridgehead atoms. The van der Waals surface area contributed by atoms with Crippen molar-refractivity contribution in [1.82, 2.24) is 0 Å². The summed E-state index contributed by atoms with van der Waals surface area (Å²) < 4.78 is 5.85. The summed E-state index contributed by atoms with van der Waals surface area (Å²) in [6, 6.07) is 11.2. The molecule has 0 N–H and O–H groups in total. The van der Waals surface area contributed by atoms with Gasteiger partial charge in [-0.1, -0.05) is 38.2 Å². The molecule has 1 heteroatoms. The Morgan fingerprint density at radius 2 is 2.12 bits per heavy atom. The summed E-state index contributed by atoms with van der Waals surface area (Å²) in [7, 11) is 0. The fourth-order valence-electron chi connectivity index (χ4n) is 2.76. The molecule has 1 fully saturated rings. The molecule has 0 atom stereocenters. The lowest BCUT2D eigenvalue weighted by Crippen LogP contribution is -2.08. The molecule has 0 spiro atoms. The standard InChI is InChI=1S/C15H17O/c1-2-6-12(7-3-1)10-14-11-13-8-4-5-9-15(13)16-14/h5,8-9,11-12H,1-3,6-7,10H2. The Kier molecular flexibility index (Phi) is 2.69. The van der Waals surface area contributed by atoms with Crippen LogP contribution in [0.2, 0.25) is 0 Å². The van der Waals surface area contributed by atoms with Gasteiger partial charge in [0.1, 0.15) is 11.3 Å². The van der Waals surface area contributed by atoms with Crippen molar-refractivity contribution >= 4 is 11.0 Å². The summed E-state index contributed by atoms with van der Waals surface area (Å²) in [4.78, 5) is 0. The molecule has 0 aliphatic heterocycles. The van der Waals surface area contributed by atoms with Gasteiger partial charge in [-0.15, -0.1) is 0 Å². The van der Waals surface area contributed by atoms with Crippen molar-refractivity contribution in [3.8, 4) is 0 Å². The Balaban J connectivity index is 1.78. The molecule has 3 rings (SSSR count). The van der Waals surface area contributed by atoms with E-state index in [0.29, 0.717) is 0 Å². The summed E-state index contributed by atoms with van der Waals surface area (Å²) in [5, 5.41) is 1.19. The lowest BCUT2D eigenvalue weighted by molar-refractivity contribution is 0.337. The molecular formula is C15H17O. The molecule has 0 unspecified atom stereocenters. The molecule has 1 aromatic carbocycles. The van der Waals surface area contributed by atoms with Crippen LogP contribution in [0.3, 0.4) is 0 Å². The zero-order chi connectivity index (χ0) is 10.8. The van der Waals surface area contributed by atoms with Crippen LogP contribution >= 0.6 is 0 Å². The number of rotatable bonds is 2. The van der Waals surface area contributed by atoms with E-state index in [4.69, 9.17) is 4.42 Å². The molecule has 83 valence electrons. The van der Waals surface area contributed by atoms with E-state index in [-0.39, 0.29) is 0 Å². The van der Waals surface area contributed by atoms with Gasteiger partial charge in [-0.05, 0) is 30.2 Å². The maximum atomic E-state index is 5.85. The zero-order valence-electron chi connectivity index (χ0n) is 9.54. The molecule has 1 heterocycles. The summed E-state index contributed by atoms with van der Waals surface area (Å²) in [6.07, 6.45) is 8.10. The monoisotopic (exact) mass is 213 g/mol. The van der Waals surface area contributed by atoms with Gasteiger partial charge in [0.2, 0.25) is 0 Å². The predicted octanol–water partition coefficient (Wildman–Crippen LogP) is 4.36. The molecule has 0 amide bonds. The quantitative estimate of drug-likeness (QED) is 0.722. The fourth-order valence-corrected chi connectivity index (χ4v) is 2.76. The Hall–Kier alpha value is -1.24. The van der Waals surface area contributed by atoms with E-state index >= 15 is 0 Å². The van der Waals surface area contributed by atoms with Crippen molar-refractivity contribution in [3.05, 3.63) is 36.1 Å². The first-order chi connectivity index (χ1) is 7.92. The van der Waals surface area contributed by atoms with Crippen LogP contribution in [0.4, 0.5) is 0 Å². The minimum absolute atomic E-state index is 0.846. The minimum Gasteiger partial charge on any atom is -0.461 e. The summed E-state index contributed by atoms with van der Waals surface area (Å²) in [6.45, 7) is 0. The SMILES string of the molecule is [c]1ccc2oc(CC3CCCCC3)cc2c1. The third-order valence-corrected chi connectivity index (χ3v) is 3.63. The zero-order valence-corrected chi connectivity index (χ0v) is 9.54. The van der Waals surface area contributed by atoms with Gasteiger partial charge in [0.25, 0.3) is 0 Å². The number of hydrogen-bond acceptors (Lipinski definition) is 1. The lowest BCUT2D eigenvalue weighted by Gasteiger charge is -2.20. The van der Waals surface area contributed by atoms with Gasteiger partial charge >= 0.3 is 0 Å². The van der Waals surface area contributed by atoms with E-state index in [1.165, 1.54) is 37.5 Å². The molecule has 1 nitrogen and oxygen atoms in total. The van der Waals surface area contributed by atoms with Gasteiger partial charge in [-0.3, -0.25) is 0 Å². The second-order valence-electron chi connectivity index (χ2n) is 4.88.